The number of rotatable bonds is 5. The summed E-state index contributed by atoms with van der Waals surface area (Å²) in [4.78, 5) is 21.4. The molecular formula is C12H15FN2O4. The molecule has 0 saturated heterocycles. The Labute approximate surface area is 109 Å². The van der Waals surface area contributed by atoms with Gasteiger partial charge in [-0.2, -0.15) is 4.39 Å². The van der Waals surface area contributed by atoms with E-state index < -0.39 is 27.8 Å². The number of amides is 1. The zero-order chi connectivity index (χ0) is 14.6. The van der Waals surface area contributed by atoms with Crippen LogP contribution in [0.25, 0.3) is 0 Å². The lowest BCUT2D eigenvalue weighted by molar-refractivity contribution is -0.387. The van der Waals surface area contributed by atoms with Crippen LogP contribution in [-0.2, 0) is 0 Å². The third kappa shape index (κ3) is 3.99. The first-order valence-corrected chi connectivity index (χ1v) is 5.60. The number of hydrogen-bond donors (Lipinski definition) is 2. The van der Waals surface area contributed by atoms with Gasteiger partial charge in [0.05, 0.1) is 4.92 Å². The van der Waals surface area contributed by atoms with Crippen molar-refractivity contribution in [3.63, 3.8) is 0 Å². The Morgan fingerprint density at radius 1 is 1.53 bits per heavy atom. The molecule has 0 bridgehead atoms. The SMILES string of the molecule is CC(C)(CO)CNC(=O)c1ccc(F)c([N+](=O)[O-])c1. The zero-order valence-electron chi connectivity index (χ0n) is 10.6. The summed E-state index contributed by atoms with van der Waals surface area (Å²) in [5.74, 6) is -1.54. The van der Waals surface area contributed by atoms with E-state index in [0.717, 1.165) is 12.1 Å². The van der Waals surface area contributed by atoms with Crippen LogP contribution in [0.2, 0.25) is 0 Å². The van der Waals surface area contributed by atoms with Crippen LogP contribution in [0, 0.1) is 21.3 Å². The highest BCUT2D eigenvalue weighted by atomic mass is 19.1. The number of aliphatic hydroxyl groups excluding tert-OH is 1. The van der Waals surface area contributed by atoms with E-state index in [1.165, 1.54) is 6.07 Å². The number of nitrogens with zero attached hydrogens (tertiary/aromatic N) is 1. The highest BCUT2D eigenvalue weighted by Gasteiger charge is 2.20. The molecule has 2 N–H and O–H groups in total. The molecule has 0 saturated carbocycles. The topological polar surface area (TPSA) is 92.5 Å². The minimum atomic E-state index is -0.989. The maximum absolute atomic E-state index is 13.1. The van der Waals surface area contributed by atoms with Crippen molar-refractivity contribution in [2.75, 3.05) is 13.2 Å². The molecule has 1 aromatic rings. The fourth-order valence-corrected chi connectivity index (χ4v) is 1.27. The number of benzene rings is 1. The minimum absolute atomic E-state index is 0.00170. The molecule has 0 unspecified atom stereocenters. The van der Waals surface area contributed by atoms with E-state index in [9.17, 15) is 19.3 Å². The van der Waals surface area contributed by atoms with Crippen LogP contribution in [-0.4, -0.2) is 29.1 Å². The molecule has 0 aliphatic heterocycles. The van der Waals surface area contributed by atoms with Crippen molar-refractivity contribution in [2.45, 2.75) is 13.8 Å². The van der Waals surface area contributed by atoms with E-state index in [4.69, 9.17) is 5.11 Å². The summed E-state index contributed by atoms with van der Waals surface area (Å²) in [5, 5.41) is 22.1. The summed E-state index contributed by atoms with van der Waals surface area (Å²) in [6.45, 7) is 3.59. The first kappa shape index (κ1) is 15.0. The van der Waals surface area contributed by atoms with E-state index in [2.05, 4.69) is 5.32 Å². The van der Waals surface area contributed by atoms with Crippen molar-refractivity contribution in [1.82, 2.24) is 5.32 Å². The molecule has 0 spiro atoms. The maximum atomic E-state index is 13.1. The van der Waals surface area contributed by atoms with Gasteiger partial charge in [-0.25, -0.2) is 0 Å². The molecule has 7 heteroatoms. The molecule has 0 aliphatic rings. The highest BCUT2D eigenvalue weighted by Crippen LogP contribution is 2.19. The fourth-order valence-electron chi connectivity index (χ4n) is 1.27. The van der Waals surface area contributed by atoms with E-state index in [0.29, 0.717) is 0 Å². The number of halogens is 1. The van der Waals surface area contributed by atoms with Gasteiger partial charge in [0.2, 0.25) is 5.82 Å². The molecule has 1 amide bonds. The van der Waals surface area contributed by atoms with Crippen molar-refractivity contribution >= 4 is 11.6 Å². The minimum Gasteiger partial charge on any atom is -0.396 e. The Morgan fingerprint density at radius 2 is 2.16 bits per heavy atom. The summed E-state index contributed by atoms with van der Waals surface area (Å²) < 4.78 is 13.1. The van der Waals surface area contributed by atoms with Crippen molar-refractivity contribution in [1.29, 1.82) is 0 Å². The van der Waals surface area contributed by atoms with Gasteiger partial charge in [0, 0.05) is 30.2 Å². The Kier molecular flexibility index (Phi) is 4.55. The fraction of sp³-hybridized carbons (Fsp3) is 0.417. The van der Waals surface area contributed by atoms with Crippen LogP contribution in [0.5, 0.6) is 0 Å². The van der Waals surface area contributed by atoms with Crippen LogP contribution in [0.3, 0.4) is 0 Å². The predicted octanol–water partition coefficient (Wildman–Crippen LogP) is 1.48. The molecule has 6 nitrogen and oxygen atoms in total. The summed E-state index contributed by atoms with van der Waals surface area (Å²) >= 11 is 0. The molecule has 19 heavy (non-hydrogen) atoms. The Bertz CT molecular complexity index is 503. The normalized spacial score (nSPS) is 11.2. The smallest absolute Gasteiger partial charge is 0.305 e. The third-order valence-electron chi connectivity index (χ3n) is 2.56. The molecule has 104 valence electrons. The summed E-state index contributed by atoms with van der Waals surface area (Å²) in [6.07, 6.45) is 0. The lowest BCUT2D eigenvalue weighted by Crippen LogP contribution is -2.36. The third-order valence-corrected chi connectivity index (χ3v) is 2.56. The van der Waals surface area contributed by atoms with Crippen LogP contribution in [0.15, 0.2) is 18.2 Å². The Balaban J connectivity index is 2.84. The number of carbonyl (C=O) groups excluding carboxylic acids is 1. The molecule has 0 fully saturated rings. The highest BCUT2D eigenvalue weighted by molar-refractivity contribution is 5.94. The summed E-state index contributed by atoms with van der Waals surface area (Å²) in [5.41, 5.74) is -1.24. The number of nitro benzene ring substituents is 1. The van der Waals surface area contributed by atoms with E-state index in [-0.39, 0.29) is 18.7 Å². The lowest BCUT2D eigenvalue weighted by Gasteiger charge is -2.21. The second-order valence-electron chi connectivity index (χ2n) is 4.93. The molecule has 0 aliphatic carbocycles. The maximum Gasteiger partial charge on any atom is 0.305 e. The van der Waals surface area contributed by atoms with Crippen molar-refractivity contribution in [3.05, 3.63) is 39.7 Å². The first-order valence-electron chi connectivity index (χ1n) is 5.60. The van der Waals surface area contributed by atoms with Gasteiger partial charge in [0.15, 0.2) is 0 Å². The van der Waals surface area contributed by atoms with Crippen LogP contribution < -0.4 is 5.32 Å². The number of nitro groups is 1. The number of carbonyl (C=O) groups is 1. The average molecular weight is 270 g/mol. The second-order valence-corrected chi connectivity index (χ2v) is 4.93. The molecule has 1 rings (SSSR count). The number of aliphatic hydroxyl groups is 1. The van der Waals surface area contributed by atoms with Gasteiger partial charge < -0.3 is 10.4 Å². The Hall–Kier alpha value is -2.02. The molecule has 1 aromatic carbocycles. The molecule has 0 aromatic heterocycles. The van der Waals surface area contributed by atoms with E-state index in [1.54, 1.807) is 13.8 Å². The average Bonchev–Trinajstić information content (AvgIpc) is 2.36. The van der Waals surface area contributed by atoms with Gasteiger partial charge in [-0.15, -0.1) is 0 Å². The Morgan fingerprint density at radius 3 is 2.68 bits per heavy atom. The van der Waals surface area contributed by atoms with Gasteiger partial charge in [0.25, 0.3) is 5.91 Å². The van der Waals surface area contributed by atoms with Crippen LogP contribution in [0.4, 0.5) is 10.1 Å². The monoisotopic (exact) mass is 270 g/mol. The largest absolute Gasteiger partial charge is 0.396 e. The van der Waals surface area contributed by atoms with Gasteiger partial charge in [-0.3, -0.25) is 14.9 Å². The van der Waals surface area contributed by atoms with Crippen LogP contribution in [0.1, 0.15) is 24.2 Å². The van der Waals surface area contributed by atoms with Gasteiger partial charge in [-0.05, 0) is 12.1 Å². The predicted molar refractivity (Wildman–Crippen MR) is 66.3 cm³/mol. The number of hydrogen-bond acceptors (Lipinski definition) is 4. The second kappa shape index (κ2) is 5.75. The number of nitrogens with one attached hydrogen (secondary N) is 1. The van der Waals surface area contributed by atoms with Crippen molar-refractivity contribution < 1.29 is 19.2 Å². The van der Waals surface area contributed by atoms with E-state index in [1.807, 2.05) is 0 Å². The van der Waals surface area contributed by atoms with Crippen molar-refractivity contribution in [2.24, 2.45) is 5.41 Å². The summed E-state index contributed by atoms with van der Waals surface area (Å²) in [7, 11) is 0. The van der Waals surface area contributed by atoms with Crippen molar-refractivity contribution in [3.8, 4) is 0 Å². The van der Waals surface area contributed by atoms with Gasteiger partial charge >= 0.3 is 5.69 Å². The standard InChI is InChI=1S/C12H15FN2O4/c1-12(2,7-16)6-14-11(17)8-3-4-9(13)10(5-8)15(18)19/h3-5,16H,6-7H2,1-2H3,(H,14,17). The summed E-state index contributed by atoms with van der Waals surface area (Å²) in [6, 6.07) is 2.93. The first-order chi connectivity index (χ1) is 8.76. The van der Waals surface area contributed by atoms with Gasteiger partial charge in [-0.1, -0.05) is 13.8 Å². The van der Waals surface area contributed by atoms with E-state index >= 15 is 0 Å². The lowest BCUT2D eigenvalue weighted by atomic mass is 9.95. The van der Waals surface area contributed by atoms with Gasteiger partial charge in [0.1, 0.15) is 0 Å². The quantitative estimate of drug-likeness (QED) is 0.626. The zero-order valence-corrected chi connectivity index (χ0v) is 10.6. The molecular weight excluding hydrogens is 255 g/mol. The molecule has 0 heterocycles. The molecule has 0 radical (unpaired) electrons. The van der Waals surface area contributed by atoms with Crippen LogP contribution >= 0.6 is 0 Å². The molecule has 0 atom stereocenters.